The van der Waals surface area contributed by atoms with Gasteiger partial charge in [-0.2, -0.15) is 5.26 Å². The number of hydrogen-bond acceptors (Lipinski definition) is 4. The molecule has 0 aromatic heterocycles. The molecule has 1 atom stereocenters. The summed E-state index contributed by atoms with van der Waals surface area (Å²) in [6.07, 6.45) is 1.24. The van der Waals surface area contributed by atoms with Crippen molar-refractivity contribution in [1.82, 2.24) is 4.90 Å². The van der Waals surface area contributed by atoms with E-state index in [9.17, 15) is 8.42 Å². The van der Waals surface area contributed by atoms with Crippen LogP contribution in [0.4, 0.5) is 0 Å². The summed E-state index contributed by atoms with van der Waals surface area (Å²) in [6, 6.07) is 2.12. The minimum absolute atomic E-state index is 0.0243. The summed E-state index contributed by atoms with van der Waals surface area (Å²) in [5, 5.41) is 8.99. The molecule has 0 N–H and O–H groups in total. The van der Waals surface area contributed by atoms with Crippen LogP contribution in [0.3, 0.4) is 0 Å². The van der Waals surface area contributed by atoms with E-state index >= 15 is 0 Å². The van der Waals surface area contributed by atoms with E-state index in [1.807, 2.05) is 0 Å². The van der Waals surface area contributed by atoms with Crippen molar-refractivity contribution in [3.8, 4) is 6.07 Å². The van der Waals surface area contributed by atoms with E-state index in [-0.39, 0.29) is 11.5 Å². The minimum atomic E-state index is -3.01. The maximum Gasteiger partial charge on any atom is 0.153 e. The molecule has 4 nitrogen and oxygen atoms in total. The van der Waals surface area contributed by atoms with Crippen molar-refractivity contribution in [2.45, 2.75) is 18.4 Å². The van der Waals surface area contributed by atoms with Gasteiger partial charge in [-0.15, -0.1) is 0 Å². The lowest BCUT2D eigenvalue weighted by molar-refractivity contribution is 0.219. The van der Waals surface area contributed by atoms with Crippen molar-refractivity contribution in [1.29, 1.82) is 5.26 Å². The van der Waals surface area contributed by atoms with Gasteiger partial charge < -0.3 is 0 Å². The Bertz CT molecular complexity index is 329. The summed E-state index contributed by atoms with van der Waals surface area (Å²) in [5.41, 5.74) is -0.795. The van der Waals surface area contributed by atoms with Gasteiger partial charge in [0.2, 0.25) is 0 Å². The van der Waals surface area contributed by atoms with Crippen LogP contribution < -0.4 is 0 Å². The second-order valence-electron chi connectivity index (χ2n) is 3.73. The van der Waals surface area contributed by atoms with Crippen LogP contribution in [0.2, 0.25) is 0 Å². The first-order chi connectivity index (χ1) is 5.92. The Morgan fingerprint density at radius 3 is 2.38 bits per heavy atom. The number of sulfone groups is 1. The van der Waals surface area contributed by atoms with Crippen LogP contribution in [0, 0.1) is 11.3 Å². The molecule has 0 amide bonds. The van der Waals surface area contributed by atoms with Crippen molar-refractivity contribution >= 4 is 9.84 Å². The highest BCUT2D eigenvalue weighted by Crippen LogP contribution is 2.26. The molecule has 5 heteroatoms. The normalized spacial score (nSPS) is 32.8. The van der Waals surface area contributed by atoms with Crippen molar-refractivity contribution in [3.63, 3.8) is 0 Å². The summed E-state index contributed by atoms with van der Waals surface area (Å²) < 4.78 is 22.7. The molecule has 0 spiro atoms. The zero-order chi connectivity index (χ0) is 10.1. The van der Waals surface area contributed by atoms with Crippen molar-refractivity contribution in [2.75, 3.05) is 25.6 Å². The summed E-state index contributed by atoms with van der Waals surface area (Å²) in [6.45, 7) is 0. The maximum atomic E-state index is 11.4. The van der Waals surface area contributed by atoms with Gasteiger partial charge in [0.1, 0.15) is 5.54 Å². The molecule has 1 saturated heterocycles. The van der Waals surface area contributed by atoms with Gasteiger partial charge in [0.05, 0.1) is 17.6 Å². The minimum Gasteiger partial charge on any atom is -0.291 e. The first kappa shape index (κ1) is 10.5. The maximum absolute atomic E-state index is 11.4. The molecular weight excluding hydrogens is 188 g/mol. The lowest BCUT2D eigenvalue weighted by Gasteiger charge is -2.36. The SMILES string of the molecule is CN(C)C1(C#N)CCCS(=O)(=O)C1. The van der Waals surface area contributed by atoms with Crippen molar-refractivity contribution in [3.05, 3.63) is 0 Å². The van der Waals surface area contributed by atoms with Crippen LogP contribution >= 0.6 is 0 Å². The fourth-order valence-electron chi connectivity index (χ4n) is 1.63. The average molecular weight is 202 g/mol. The highest BCUT2D eigenvalue weighted by Gasteiger charge is 2.41. The highest BCUT2D eigenvalue weighted by molar-refractivity contribution is 7.91. The van der Waals surface area contributed by atoms with Gasteiger partial charge in [0.15, 0.2) is 9.84 Å². The van der Waals surface area contributed by atoms with Crippen LogP contribution in [0.5, 0.6) is 0 Å². The summed E-state index contributed by atoms with van der Waals surface area (Å²) in [4.78, 5) is 1.71. The number of nitriles is 1. The van der Waals surface area contributed by atoms with Gasteiger partial charge in [0.25, 0.3) is 0 Å². The fourth-order valence-corrected chi connectivity index (χ4v) is 3.56. The molecule has 0 aromatic rings. The van der Waals surface area contributed by atoms with E-state index in [1.54, 1.807) is 19.0 Å². The molecule has 1 aliphatic rings. The van der Waals surface area contributed by atoms with E-state index < -0.39 is 15.4 Å². The highest BCUT2D eigenvalue weighted by atomic mass is 32.2. The predicted molar refractivity (Wildman–Crippen MR) is 49.9 cm³/mol. The first-order valence-electron chi connectivity index (χ1n) is 4.21. The molecular formula is C8H14N2O2S. The monoisotopic (exact) mass is 202 g/mol. The molecule has 0 aromatic carbocycles. The van der Waals surface area contributed by atoms with Crippen LogP contribution in [0.25, 0.3) is 0 Å². The van der Waals surface area contributed by atoms with E-state index in [0.29, 0.717) is 12.8 Å². The lowest BCUT2D eigenvalue weighted by atomic mass is 9.96. The molecule has 1 rings (SSSR count). The molecule has 1 fully saturated rings. The molecule has 0 aliphatic carbocycles. The largest absolute Gasteiger partial charge is 0.291 e. The first-order valence-corrected chi connectivity index (χ1v) is 6.03. The Morgan fingerprint density at radius 1 is 1.46 bits per heavy atom. The average Bonchev–Trinajstić information content (AvgIpc) is 2.02. The summed E-state index contributed by atoms with van der Waals surface area (Å²) in [7, 11) is 0.496. The van der Waals surface area contributed by atoms with Gasteiger partial charge in [-0.05, 0) is 26.9 Å². The Labute approximate surface area is 79.1 Å². The number of hydrogen-bond donors (Lipinski definition) is 0. The molecule has 13 heavy (non-hydrogen) atoms. The third-order valence-corrected chi connectivity index (χ3v) is 4.40. The quantitative estimate of drug-likeness (QED) is 0.601. The predicted octanol–water partition coefficient (Wildman–Crippen LogP) is 0.0190. The van der Waals surface area contributed by atoms with Crippen LogP contribution in [0.1, 0.15) is 12.8 Å². The molecule has 74 valence electrons. The Balaban J connectivity index is 2.98. The third kappa shape index (κ3) is 2.01. The molecule has 0 radical (unpaired) electrons. The number of nitrogens with zero attached hydrogens (tertiary/aromatic N) is 2. The smallest absolute Gasteiger partial charge is 0.153 e. The molecule has 0 saturated carbocycles. The second kappa shape index (κ2) is 3.28. The van der Waals surface area contributed by atoms with Crippen LogP contribution in [-0.2, 0) is 9.84 Å². The second-order valence-corrected chi connectivity index (χ2v) is 5.92. The van der Waals surface area contributed by atoms with Crippen LogP contribution in [-0.4, -0.2) is 44.5 Å². The Morgan fingerprint density at radius 2 is 2.08 bits per heavy atom. The zero-order valence-electron chi connectivity index (χ0n) is 7.95. The fraction of sp³-hybridized carbons (Fsp3) is 0.875. The van der Waals surface area contributed by atoms with Gasteiger partial charge in [-0.25, -0.2) is 8.42 Å². The van der Waals surface area contributed by atoms with E-state index in [2.05, 4.69) is 6.07 Å². The van der Waals surface area contributed by atoms with Gasteiger partial charge in [-0.1, -0.05) is 0 Å². The van der Waals surface area contributed by atoms with Gasteiger partial charge >= 0.3 is 0 Å². The summed E-state index contributed by atoms with van der Waals surface area (Å²) in [5.74, 6) is 0.202. The molecule has 1 heterocycles. The Hall–Kier alpha value is -0.600. The van der Waals surface area contributed by atoms with Crippen LogP contribution in [0.15, 0.2) is 0 Å². The zero-order valence-corrected chi connectivity index (χ0v) is 8.76. The topological polar surface area (TPSA) is 61.2 Å². The van der Waals surface area contributed by atoms with E-state index in [0.717, 1.165) is 0 Å². The standard InChI is InChI=1S/C8H14N2O2S/c1-10(2)8(6-9)4-3-5-13(11,12)7-8/h3-5,7H2,1-2H3. The number of rotatable bonds is 1. The lowest BCUT2D eigenvalue weighted by Crippen LogP contribution is -2.51. The van der Waals surface area contributed by atoms with E-state index in [1.165, 1.54) is 0 Å². The van der Waals surface area contributed by atoms with Gasteiger partial charge in [0, 0.05) is 0 Å². The molecule has 1 aliphatic heterocycles. The molecule has 0 bridgehead atoms. The third-order valence-electron chi connectivity index (χ3n) is 2.57. The van der Waals surface area contributed by atoms with Crippen molar-refractivity contribution < 1.29 is 8.42 Å². The molecule has 1 unspecified atom stereocenters. The Kier molecular flexibility index (Phi) is 2.64. The van der Waals surface area contributed by atoms with Crippen molar-refractivity contribution in [2.24, 2.45) is 0 Å². The summed E-state index contributed by atoms with van der Waals surface area (Å²) >= 11 is 0. The van der Waals surface area contributed by atoms with Gasteiger partial charge in [-0.3, -0.25) is 4.90 Å². The van der Waals surface area contributed by atoms with E-state index in [4.69, 9.17) is 5.26 Å².